The van der Waals surface area contributed by atoms with Gasteiger partial charge in [0.2, 0.25) is 0 Å². The lowest BCUT2D eigenvalue weighted by molar-refractivity contribution is 0.0591. The molecule has 2 aromatic rings. The van der Waals surface area contributed by atoms with Crippen molar-refractivity contribution < 1.29 is 13.9 Å². The van der Waals surface area contributed by atoms with E-state index in [4.69, 9.17) is 9.15 Å². The van der Waals surface area contributed by atoms with E-state index in [1.54, 1.807) is 17.0 Å². The van der Waals surface area contributed by atoms with Gasteiger partial charge in [0.15, 0.2) is 5.76 Å². The van der Waals surface area contributed by atoms with Crippen LogP contribution >= 0.6 is 0 Å². The third-order valence-corrected chi connectivity index (χ3v) is 4.62. The fourth-order valence-electron chi connectivity index (χ4n) is 3.24. The predicted molar refractivity (Wildman–Crippen MR) is 82.9 cm³/mol. The number of hydrogen-bond acceptors (Lipinski definition) is 4. The van der Waals surface area contributed by atoms with Gasteiger partial charge in [-0.3, -0.25) is 4.79 Å². The molecule has 1 atom stereocenters. The average molecular weight is 315 g/mol. The molecule has 3 heterocycles. The lowest BCUT2D eigenvalue weighted by atomic mass is 9.98. The average Bonchev–Trinajstić information content (AvgIpc) is 3.07. The molecule has 1 amide bonds. The zero-order valence-corrected chi connectivity index (χ0v) is 13.3. The van der Waals surface area contributed by atoms with E-state index in [0.29, 0.717) is 25.5 Å². The molecule has 1 aliphatic carbocycles. The van der Waals surface area contributed by atoms with Crippen molar-refractivity contribution in [1.82, 2.24) is 14.5 Å². The normalized spacial score (nSPS) is 20.6. The van der Waals surface area contributed by atoms with Gasteiger partial charge in [0.25, 0.3) is 5.91 Å². The Balaban J connectivity index is 1.51. The minimum absolute atomic E-state index is 0.0847. The highest BCUT2D eigenvalue weighted by atomic mass is 16.5. The summed E-state index contributed by atoms with van der Waals surface area (Å²) in [7, 11) is 2.00. The van der Waals surface area contributed by atoms with Gasteiger partial charge in [-0.15, -0.1) is 0 Å². The largest absolute Gasteiger partial charge is 0.459 e. The van der Waals surface area contributed by atoms with Crippen LogP contribution in [-0.4, -0.2) is 40.1 Å². The number of imidazole rings is 1. The Morgan fingerprint density at radius 2 is 2.30 bits per heavy atom. The van der Waals surface area contributed by atoms with Gasteiger partial charge in [-0.25, -0.2) is 4.98 Å². The molecule has 1 aliphatic heterocycles. The first-order valence-corrected chi connectivity index (χ1v) is 8.13. The molecule has 122 valence electrons. The molecule has 6 nitrogen and oxygen atoms in total. The first-order valence-electron chi connectivity index (χ1n) is 8.13. The molecule has 6 heteroatoms. The minimum Gasteiger partial charge on any atom is -0.459 e. The lowest BCUT2D eigenvalue weighted by Gasteiger charge is -2.32. The molecule has 2 aromatic heterocycles. The van der Waals surface area contributed by atoms with Gasteiger partial charge in [0.05, 0.1) is 31.4 Å². The number of aromatic nitrogens is 2. The zero-order valence-electron chi connectivity index (χ0n) is 13.3. The van der Waals surface area contributed by atoms with Crippen molar-refractivity contribution in [2.45, 2.75) is 25.3 Å². The Hall–Kier alpha value is -2.08. The van der Waals surface area contributed by atoms with Crippen molar-refractivity contribution in [2.24, 2.45) is 13.0 Å². The highest BCUT2D eigenvalue weighted by Gasteiger charge is 2.33. The molecule has 0 aromatic carbocycles. The Kier molecular flexibility index (Phi) is 3.69. The van der Waals surface area contributed by atoms with Gasteiger partial charge >= 0.3 is 0 Å². The molecule has 0 bridgehead atoms. The quantitative estimate of drug-likeness (QED) is 0.848. The Labute approximate surface area is 135 Å². The molecule has 1 saturated carbocycles. The fourth-order valence-corrected chi connectivity index (χ4v) is 3.24. The summed E-state index contributed by atoms with van der Waals surface area (Å²) in [6, 6.07) is 3.44. The topological polar surface area (TPSA) is 60.5 Å². The number of carbonyl (C=O) groups is 1. The van der Waals surface area contributed by atoms with Crippen molar-refractivity contribution in [3.63, 3.8) is 0 Å². The third kappa shape index (κ3) is 2.91. The summed E-state index contributed by atoms with van der Waals surface area (Å²) in [5.41, 5.74) is 2.14. The van der Waals surface area contributed by atoms with Crippen LogP contribution < -0.4 is 0 Å². The molecule has 0 unspecified atom stereocenters. The molecule has 23 heavy (non-hydrogen) atoms. The highest BCUT2D eigenvalue weighted by molar-refractivity contribution is 5.91. The van der Waals surface area contributed by atoms with Crippen molar-refractivity contribution in [3.8, 4) is 0 Å². The predicted octanol–water partition coefficient (Wildman–Crippen LogP) is 2.18. The van der Waals surface area contributed by atoms with Crippen molar-refractivity contribution >= 4 is 5.91 Å². The maximum absolute atomic E-state index is 12.6. The third-order valence-electron chi connectivity index (χ3n) is 4.62. The second-order valence-corrected chi connectivity index (χ2v) is 6.53. The number of fused-ring (bicyclic) bond motifs is 1. The molecular weight excluding hydrogens is 294 g/mol. The molecule has 0 saturated heterocycles. The number of hydrogen-bond donors (Lipinski definition) is 0. The molecule has 4 rings (SSSR count). The van der Waals surface area contributed by atoms with E-state index in [-0.39, 0.29) is 11.8 Å². The summed E-state index contributed by atoms with van der Waals surface area (Å²) in [5, 5.41) is 0. The summed E-state index contributed by atoms with van der Waals surface area (Å²) in [6.45, 7) is 2.62. The Bertz CT molecular complexity index is 688. The highest BCUT2D eigenvalue weighted by Crippen LogP contribution is 2.31. The summed E-state index contributed by atoms with van der Waals surface area (Å²) < 4.78 is 13.2. The van der Waals surface area contributed by atoms with E-state index < -0.39 is 0 Å². The second-order valence-electron chi connectivity index (χ2n) is 6.53. The van der Waals surface area contributed by atoms with E-state index >= 15 is 0 Å². The van der Waals surface area contributed by atoms with Crippen LogP contribution in [0.1, 0.15) is 40.7 Å². The monoisotopic (exact) mass is 315 g/mol. The molecule has 1 fully saturated rings. The zero-order chi connectivity index (χ0) is 15.8. The molecule has 0 spiro atoms. The van der Waals surface area contributed by atoms with Gasteiger partial charge in [0, 0.05) is 31.8 Å². The number of amides is 1. The van der Waals surface area contributed by atoms with Gasteiger partial charge < -0.3 is 18.6 Å². The van der Waals surface area contributed by atoms with Crippen LogP contribution in [0.5, 0.6) is 0 Å². The SMILES string of the molecule is Cn1cnc2c1[C@H](COCC1CC1)CN(C(=O)c1ccco1)C2. The van der Waals surface area contributed by atoms with Crippen molar-refractivity contribution in [2.75, 3.05) is 19.8 Å². The van der Waals surface area contributed by atoms with E-state index in [1.807, 2.05) is 13.4 Å². The first kappa shape index (κ1) is 14.5. The standard InChI is InChI=1S/C17H21N3O3/c1-19-11-18-14-8-20(17(21)15-3-2-6-23-15)7-13(16(14)19)10-22-9-12-4-5-12/h2-3,6,11-13H,4-5,7-10H2,1H3/t13-/m0/s1. The van der Waals surface area contributed by atoms with Gasteiger partial charge in [-0.2, -0.15) is 0 Å². The Morgan fingerprint density at radius 3 is 3.04 bits per heavy atom. The summed E-state index contributed by atoms with van der Waals surface area (Å²) in [6.07, 6.45) is 5.91. The molecule has 0 N–H and O–H groups in total. The van der Waals surface area contributed by atoms with E-state index in [2.05, 4.69) is 9.55 Å². The van der Waals surface area contributed by atoms with Crippen LogP contribution in [0.15, 0.2) is 29.1 Å². The van der Waals surface area contributed by atoms with Gasteiger partial charge in [-0.1, -0.05) is 0 Å². The molecule has 2 aliphatic rings. The van der Waals surface area contributed by atoms with Gasteiger partial charge in [-0.05, 0) is 30.9 Å². The maximum atomic E-state index is 12.6. The smallest absolute Gasteiger partial charge is 0.289 e. The Morgan fingerprint density at radius 1 is 1.43 bits per heavy atom. The number of furan rings is 1. The van der Waals surface area contributed by atoms with Crippen LogP contribution in [0.4, 0.5) is 0 Å². The summed E-state index contributed by atoms with van der Waals surface area (Å²) in [4.78, 5) is 18.8. The van der Waals surface area contributed by atoms with E-state index in [1.165, 1.54) is 24.8 Å². The number of carbonyl (C=O) groups excluding carboxylic acids is 1. The van der Waals surface area contributed by atoms with Gasteiger partial charge in [0.1, 0.15) is 0 Å². The molecular formula is C17H21N3O3. The van der Waals surface area contributed by atoms with Crippen molar-refractivity contribution in [3.05, 3.63) is 41.9 Å². The number of nitrogens with zero attached hydrogens (tertiary/aromatic N) is 3. The van der Waals surface area contributed by atoms with Crippen LogP contribution in [0, 0.1) is 5.92 Å². The summed E-state index contributed by atoms with van der Waals surface area (Å²) in [5.74, 6) is 1.19. The summed E-state index contributed by atoms with van der Waals surface area (Å²) >= 11 is 0. The van der Waals surface area contributed by atoms with Crippen LogP contribution in [0.3, 0.4) is 0 Å². The number of ether oxygens (including phenoxy) is 1. The van der Waals surface area contributed by atoms with Crippen LogP contribution in [0.25, 0.3) is 0 Å². The number of rotatable bonds is 5. The molecule has 0 radical (unpaired) electrons. The van der Waals surface area contributed by atoms with E-state index in [9.17, 15) is 4.79 Å². The first-order chi connectivity index (χ1) is 11.2. The van der Waals surface area contributed by atoms with E-state index in [0.717, 1.165) is 18.2 Å². The second kappa shape index (κ2) is 5.85. The lowest BCUT2D eigenvalue weighted by Crippen LogP contribution is -2.40. The van der Waals surface area contributed by atoms with Crippen molar-refractivity contribution in [1.29, 1.82) is 0 Å². The van der Waals surface area contributed by atoms with Crippen LogP contribution in [0.2, 0.25) is 0 Å². The van der Waals surface area contributed by atoms with Crippen LogP contribution in [-0.2, 0) is 18.3 Å². The fraction of sp³-hybridized carbons (Fsp3) is 0.529. The minimum atomic E-state index is -0.0847. The number of aryl methyl sites for hydroxylation is 1. The maximum Gasteiger partial charge on any atom is 0.289 e.